The quantitative estimate of drug-likeness (QED) is 0.607. The lowest BCUT2D eigenvalue weighted by Crippen LogP contribution is -2.19. The molecule has 0 saturated carbocycles. The summed E-state index contributed by atoms with van der Waals surface area (Å²) in [5, 5.41) is 5.99. The molecule has 1 aliphatic heterocycles. The topological polar surface area (TPSA) is 70.2 Å². The second-order valence-corrected chi connectivity index (χ2v) is 7.52. The zero-order valence-electron chi connectivity index (χ0n) is 17.2. The third-order valence-electron chi connectivity index (χ3n) is 5.06. The third kappa shape index (κ3) is 5.33. The number of hydrogen-bond acceptors (Lipinski definition) is 5. The summed E-state index contributed by atoms with van der Waals surface area (Å²) in [6.07, 6.45) is 2.17. The van der Waals surface area contributed by atoms with Crippen molar-refractivity contribution in [3.63, 3.8) is 0 Å². The Balaban J connectivity index is 1.38. The zero-order valence-corrected chi connectivity index (χ0v) is 17.2. The van der Waals surface area contributed by atoms with Crippen LogP contribution in [0.15, 0.2) is 48.5 Å². The van der Waals surface area contributed by atoms with Gasteiger partial charge in [0.25, 0.3) is 0 Å². The van der Waals surface area contributed by atoms with E-state index in [-0.39, 0.29) is 17.9 Å². The molecule has 0 radical (unpaired) electrons. The average Bonchev–Trinajstić information content (AvgIpc) is 3.26. The number of nitrogens with one attached hydrogen (secondary N) is 2. The van der Waals surface area contributed by atoms with Gasteiger partial charge >= 0.3 is 0 Å². The first-order valence-electron chi connectivity index (χ1n) is 10.2. The van der Waals surface area contributed by atoms with Crippen LogP contribution < -0.4 is 15.5 Å². The van der Waals surface area contributed by atoms with Crippen molar-refractivity contribution < 1.29 is 13.6 Å². The van der Waals surface area contributed by atoms with Crippen molar-refractivity contribution >= 4 is 28.9 Å². The molecular formula is C23H23F2N5O. The van der Waals surface area contributed by atoms with Crippen LogP contribution >= 0.6 is 0 Å². The fourth-order valence-electron chi connectivity index (χ4n) is 3.55. The molecule has 31 heavy (non-hydrogen) atoms. The predicted octanol–water partition coefficient (Wildman–Crippen LogP) is 4.59. The van der Waals surface area contributed by atoms with Gasteiger partial charge in [0, 0.05) is 36.6 Å². The molecule has 2 aromatic carbocycles. The lowest BCUT2D eigenvalue weighted by Gasteiger charge is -2.18. The van der Waals surface area contributed by atoms with Gasteiger partial charge in [-0.05, 0) is 55.7 Å². The number of aryl methyl sites for hydroxylation is 1. The van der Waals surface area contributed by atoms with E-state index in [0.717, 1.165) is 36.7 Å². The van der Waals surface area contributed by atoms with Crippen molar-refractivity contribution in [3.8, 4) is 0 Å². The Bertz CT molecular complexity index is 1080. The van der Waals surface area contributed by atoms with Gasteiger partial charge < -0.3 is 15.5 Å². The number of rotatable bonds is 6. The molecule has 1 amide bonds. The van der Waals surface area contributed by atoms with E-state index >= 15 is 0 Å². The highest BCUT2D eigenvalue weighted by molar-refractivity contribution is 5.92. The van der Waals surface area contributed by atoms with Crippen LogP contribution in [-0.2, 0) is 11.2 Å². The molecule has 2 N–H and O–H groups in total. The lowest BCUT2D eigenvalue weighted by atomic mass is 10.1. The third-order valence-corrected chi connectivity index (χ3v) is 5.06. The van der Waals surface area contributed by atoms with E-state index in [1.807, 2.05) is 25.1 Å². The van der Waals surface area contributed by atoms with Gasteiger partial charge in [-0.3, -0.25) is 4.79 Å². The second kappa shape index (κ2) is 9.07. The number of hydrogen-bond donors (Lipinski definition) is 2. The van der Waals surface area contributed by atoms with Crippen molar-refractivity contribution in [1.82, 2.24) is 9.97 Å². The van der Waals surface area contributed by atoms with E-state index in [0.29, 0.717) is 17.3 Å². The first-order valence-corrected chi connectivity index (χ1v) is 10.2. The van der Waals surface area contributed by atoms with Crippen LogP contribution in [0, 0.1) is 18.6 Å². The predicted molar refractivity (Wildman–Crippen MR) is 117 cm³/mol. The summed E-state index contributed by atoms with van der Waals surface area (Å²) in [6.45, 7) is 3.88. The Morgan fingerprint density at radius 2 is 1.71 bits per heavy atom. The fourth-order valence-corrected chi connectivity index (χ4v) is 3.55. The normalized spacial score (nSPS) is 13.3. The number of nitrogens with zero attached hydrogens (tertiary/aromatic N) is 3. The standard InChI is InChI=1S/C23H23F2N5O/c1-15-26-21(14-22(27-15)30-10-2-3-11-30)28-18-6-8-19(9-7-18)29-23(31)12-16-4-5-17(24)13-20(16)25/h4-9,13-14H,2-3,10-12H2,1H3,(H,29,31)(H,26,27,28). The Morgan fingerprint density at radius 1 is 1.00 bits per heavy atom. The fraction of sp³-hybridized carbons (Fsp3) is 0.261. The van der Waals surface area contributed by atoms with Gasteiger partial charge in [0.2, 0.25) is 5.91 Å². The molecule has 0 spiro atoms. The maximum absolute atomic E-state index is 13.7. The largest absolute Gasteiger partial charge is 0.356 e. The van der Waals surface area contributed by atoms with Gasteiger partial charge in [0.05, 0.1) is 6.42 Å². The Hall–Kier alpha value is -3.55. The summed E-state index contributed by atoms with van der Waals surface area (Å²) in [5.74, 6) is 0.540. The minimum atomic E-state index is -0.733. The smallest absolute Gasteiger partial charge is 0.228 e. The summed E-state index contributed by atoms with van der Waals surface area (Å²) < 4.78 is 26.7. The number of amides is 1. The molecule has 8 heteroatoms. The average molecular weight is 423 g/mol. The number of aromatic nitrogens is 2. The molecule has 0 unspecified atom stereocenters. The number of benzene rings is 2. The molecular weight excluding hydrogens is 400 g/mol. The van der Waals surface area contributed by atoms with E-state index in [1.165, 1.54) is 18.9 Å². The Labute approximate surface area is 179 Å². The number of anilines is 4. The summed E-state index contributed by atoms with van der Waals surface area (Å²) in [7, 11) is 0. The molecule has 4 rings (SSSR count). The first-order chi connectivity index (χ1) is 15.0. The highest BCUT2D eigenvalue weighted by Crippen LogP contribution is 2.23. The second-order valence-electron chi connectivity index (χ2n) is 7.52. The molecule has 1 fully saturated rings. The van der Waals surface area contributed by atoms with E-state index < -0.39 is 11.6 Å². The van der Waals surface area contributed by atoms with Gasteiger partial charge in [-0.25, -0.2) is 18.7 Å². The van der Waals surface area contributed by atoms with Crippen LogP contribution in [0.2, 0.25) is 0 Å². The molecule has 0 bridgehead atoms. The molecule has 1 aromatic heterocycles. The summed E-state index contributed by atoms with van der Waals surface area (Å²) in [5.41, 5.74) is 1.54. The van der Waals surface area contributed by atoms with Crippen molar-refractivity contribution in [2.45, 2.75) is 26.2 Å². The molecule has 6 nitrogen and oxygen atoms in total. The lowest BCUT2D eigenvalue weighted by molar-refractivity contribution is -0.115. The van der Waals surface area contributed by atoms with Crippen LogP contribution in [0.3, 0.4) is 0 Å². The van der Waals surface area contributed by atoms with Crippen LogP contribution in [0.4, 0.5) is 31.8 Å². The van der Waals surface area contributed by atoms with Crippen LogP contribution in [-0.4, -0.2) is 29.0 Å². The van der Waals surface area contributed by atoms with Crippen LogP contribution in [0.1, 0.15) is 24.2 Å². The van der Waals surface area contributed by atoms with Gasteiger partial charge in [-0.1, -0.05) is 6.07 Å². The minimum Gasteiger partial charge on any atom is -0.356 e. The van der Waals surface area contributed by atoms with Crippen LogP contribution in [0.25, 0.3) is 0 Å². The van der Waals surface area contributed by atoms with Gasteiger partial charge in [-0.15, -0.1) is 0 Å². The maximum Gasteiger partial charge on any atom is 0.228 e. The summed E-state index contributed by atoms with van der Waals surface area (Å²) in [6, 6.07) is 12.3. The van der Waals surface area contributed by atoms with Gasteiger partial charge in [0.15, 0.2) is 0 Å². The van der Waals surface area contributed by atoms with Crippen molar-refractivity contribution in [2.24, 2.45) is 0 Å². The molecule has 3 aromatic rings. The monoisotopic (exact) mass is 423 g/mol. The van der Waals surface area contributed by atoms with E-state index in [2.05, 4.69) is 25.5 Å². The minimum absolute atomic E-state index is 0.144. The first kappa shape index (κ1) is 20.7. The maximum atomic E-state index is 13.7. The van der Waals surface area contributed by atoms with Crippen molar-refractivity contribution in [1.29, 1.82) is 0 Å². The SMILES string of the molecule is Cc1nc(Nc2ccc(NC(=O)Cc3ccc(F)cc3F)cc2)cc(N2CCCC2)n1. The Kier molecular flexibility index (Phi) is 6.06. The molecule has 0 atom stereocenters. The molecule has 1 saturated heterocycles. The molecule has 1 aliphatic rings. The zero-order chi connectivity index (χ0) is 21.8. The van der Waals surface area contributed by atoms with E-state index in [9.17, 15) is 13.6 Å². The van der Waals surface area contributed by atoms with Crippen LogP contribution in [0.5, 0.6) is 0 Å². The summed E-state index contributed by atoms with van der Waals surface area (Å²) in [4.78, 5) is 23.4. The van der Waals surface area contributed by atoms with Gasteiger partial charge in [-0.2, -0.15) is 0 Å². The van der Waals surface area contributed by atoms with Crippen molar-refractivity contribution in [2.75, 3.05) is 28.6 Å². The number of carbonyl (C=O) groups is 1. The molecule has 2 heterocycles. The highest BCUT2D eigenvalue weighted by atomic mass is 19.1. The highest BCUT2D eigenvalue weighted by Gasteiger charge is 2.15. The van der Waals surface area contributed by atoms with E-state index in [1.54, 1.807) is 12.1 Å². The molecule has 160 valence electrons. The van der Waals surface area contributed by atoms with Gasteiger partial charge in [0.1, 0.15) is 29.1 Å². The number of halogens is 2. The van der Waals surface area contributed by atoms with E-state index in [4.69, 9.17) is 0 Å². The number of carbonyl (C=O) groups excluding carboxylic acids is 1. The molecule has 0 aliphatic carbocycles. The Morgan fingerprint density at radius 3 is 2.42 bits per heavy atom. The van der Waals surface area contributed by atoms with Crippen molar-refractivity contribution in [3.05, 3.63) is 71.6 Å². The summed E-state index contributed by atoms with van der Waals surface area (Å²) >= 11 is 0.